The molecule has 0 aliphatic carbocycles. The number of ketones is 1. The van der Waals surface area contributed by atoms with Gasteiger partial charge < -0.3 is 10.7 Å². The number of aromatic amines is 1. The van der Waals surface area contributed by atoms with Crippen LogP contribution in [0.25, 0.3) is 27.6 Å². The highest BCUT2D eigenvalue weighted by Crippen LogP contribution is 2.32. The number of aryl methyl sites for hydroxylation is 1. The van der Waals surface area contributed by atoms with Crippen LogP contribution in [0.4, 0.5) is 5.82 Å². The number of rotatable bonds is 5. The molecule has 9 heteroatoms. The first-order valence-corrected chi connectivity index (χ1v) is 11.9. The number of aromatic nitrogens is 5. The van der Waals surface area contributed by atoms with Crippen LogP contribution in [-0.2, 0) is 0 Å². The molecule has 0 radical (unpaired) electrons. The molecular weight excluding hydrogens is 470 g/mol. The molecule has 0 fully saturated rings. The topological polar surface area (TPSA) is 118 Å². The van der Waals surface area contributed by atoms with Crippen molar-refractivity contribution in [3.63, 3.8) is 0 Å². The lowest BCUT2D eigenvalue weighted by Gasteiger charge is -2.09. The van der Waals surface area contributed by atoms with Crippen molar-refractivity contribution in [3.05, 3.63) is 102 Å². The Labute approximate surface area is 210 Å². The number of H-pyrrole nitrogens is 1. The molecule has 6 rings (SSSR count). The second kappa shape index (κ2) is 8.45. The maximum atomic E-state index is 13.8. The number of hydrogen-bond acceptors (Lipinski definition) is 6. The number of imidazole rings is 1. The fraction of sp³-hybridized carbons (Fsp3) is 0.0370. The smallest absolute Gasteiger partial charge is 0.215 e. The quantitative estimate of drug-likeness (QED) is 0.319. The van der Waals surface area contributed by atoms with E-state index in [0.29, 0.717) is 16.8 Å². The average Bonchev–Trinajstić information content (AvgIpc) is 3.57. The van der Waals surface area contributed by atoms with E-state index in [4.69, 9.17) is 5.73 Å². The van der Waals surface area contributed by atoms with Crippen LogP contribution in [0, 0.1) is 18.3 Å². The SMILES string of the molecule is Cc1nc2ccc(-n3ncc(C(=O)c4cc5cc(C#N)ccc5n4Sc4ccccc4)c3N)cc2[nH]1. The molecule has 3 aromatic heterocycles. The summed E-state index contributed by atoms with van der Waals surface area (Å²) in [5.74, 6) is 0.805. The van der Waals surface area contributed by atoms with E-state index in [9.17, 15) is 10.1 Å². The van der Waals surface area contributed by atoms with Crippen LogP contribution < -0.4 is 5.73 Å². The molecule has 174 valence electrons. The van der Waals surface area contributed by atoms with Crippen molar-refractivity contribution in [3.8, 4) is 11.8 Å². The highest BCUT2D eigenvalue weighted by atomic mass is 32.2. The van der Waals surface area contributed by atoms with Gasteiger partial charge in [0.05, 0.1) is 45.6 Å². The number of nitrogens with two attached hydrogens (primary N) is 1. The molecule has 0 saturated carbocycles. The molecule has 3 aromatic carbocycles. The molecule has 0 aliphatic heterocycles. The number of carbonyl (C=O) groups is 1. The minimum atomic E-state index is -0.254. The third kappa shape index (κ3) is 3.61. The van der Waals surface area contributed by atoms with Gasteiger partial charge >= 0.3 is 0 Å². The van der Waals surface area contributed by atoms with Crippen molar-refractivity contribution in [2.24, 2.45) is 0 Å². The van der Waals surface area contributed by atoms with Gasteiger partial charge in [0.1, 0.15) is 17.3 Å². The van der Waals surface area contributed by atoms with Gasteiger partial charge in [-0.05, 0) is 73.5 Å². The van der Waals surface area contributed by atoms with E-state index in [0.717, 1.165) is 38.3 Å². The Hall–Kier alpha value is -4.81. The molecule has 8 nitrogen and oxygen atoms in total. The Kier molecular flexibility index (Phi) is 5.09. The first kappa shape index (κ1) is 21.7. The number of nitrogens with one attached hydrogen (secondary N) is 1. The van der Waals surface area contributed by atoms with Crippen molar-refractivity contribution >= 4 is 45.5 Å². The van der Waals surface area contributed by atoms with Crippen LogP contribution in [-0.4, -0.2) is 29.5 Å². The molecule has 3 heterocycles. The number of fused-ring (bicyclic) bond motifs is 2. The highest BCUT2D eigenvalue weighted by molar-refractivity contribution is 7.98. The number of nitrogen functional groups attached to an aromatic ring is 1. The predicted molar refractivity (Wildman–Crippen MR) is 140 cm³/mol. The Bertz CT molecular complexity index is 1820. The van der Waals surface area contributed by atoms with E-state index in [1.54, 1.807) is 22.9 Å². The second-order valence-corrected chi connectivity index (χ2v) is 9.34. The third-order valence-electron chi connectivity index (χ3n) is 5.94. The van der Waals surface area contributed by atoms with Gasteiger partial charge in [-0.25, -0.2) is 9.67 Å². The molecule has 0 spiro atoms. The molecule has 3 N–H and O–H groups in total. The average molecular weight is 490 g/mol. The van der Waals surface area contributed by atoms with Crippen LogP contribution in [0.1, 0.15) is 27.4 Å². The van der Waals surface area contributed by atoms with Gasteiger partial charge in [0.15, 0.2) is 0 Å². The zero-order valence-electron chi connectivity index (χ0n) is 19.1. The van der Waals surface area contributed by atoms with E-state index < -0.39 is 0 Å². The molecule has 6 aromatic rings. The molecular formula is C27H19N7OS. The molecule has 36 heavy (non-hydrogen) atoms. The zero-order valence-corrected chi connectivity index (χ0v) is 20.0. The first-order chi connectivity index (χ1) is 17.5. The number of hydrogen-bond donors (Lipinski definition) is 2. The molecule has 0 saturated heterocycles. The lowest BCUT2D eigenvalue weighted by Crippen LogP contribution is -2.10. The zero-order chi connectivity index (χ0) is 24.8. The molecule has 0 atom stereocenters. The molecule has 0 bridgehead atoms. The molecule has 0 aliphatic rings. The van der Waals surface area contributed by atoms with Gasteiger partial charge in [0.2, 0.25) is 5.78 Å². The molecule has 0 amide bonds. The fourth-order valence-electron chi connectivity index (χ4n) is 4.24. The maximum absolute atomic E-state index is 13.8. The van der Waals surface area contributed by atoms with Gasteiger partial charge in [-0.2, -0.15) is 10.4 Å². The highest BCUT2D eigenvalue weighted by Gasteiger charge is 2.23. The third-order valence-corrected chi connectivity index (χ3v) is 7.00. The minimum absolute atomic E-state index is 0.245. The van der Waals surface area contributed by atoms with E-state index >= 15 is 0 Å². The Morgan fingerprint density at radius 3 is 2.72 bits per heavy atom. The Balaban J connectivity index is 1.45. The van der Waals surface area contributed by atoms with Gasteiger partial charge in [-0.15, -0.1) is 0 Å². The van der Waals surface area contributed by atoms with Crippen LogP contribution in [0.3, 0.4) is 0 Å². The van der Waals surface area contributed by atoms with Crippen molar-refractivity contribution in [1.82, 2.24) is 23.7 Å². The summed E-state index contributed by atoms with van der Waals surface area (Å²) in [6.45, 7) is 1.89. The van der Waals surface area contributed by atoms with E-state index in [2.05, 4.69) is 21.1 Å². The standard InChI is InChI=1S/C27H19N7OS/c1-16-31-22-9-8-19(13-23(22)32-16)33-27(29)21(15-30-33)26(35)25-12-18-11-17(14-28)7-10-24(18)34(25)36-20-5-3-2-4-6-20/h2-13,15H,29H2,1H3,(H,31,32). The van der Waals surface area contributed by atoms with Gasteiger partial charge in [-0.1, -0.05) is 18.2 Å². The van der Waals surface area contributed by atoms with E-state index in [1.807, 2.05) is 65.5 Å². The van der Waals surface area contributed by atoms with E-state index in [1.165, 1.54) is 18.1 Å². The maximum Gasteiger partial charge on any atom is 0.215 e. The Morgan fingerprint density at radius 2 is 1.92 bits per heavy atom. The molecule has 0 unspecified atom stereocenters. The summed E-state index contributed by atoms with van der Waals surface area (Å²) in [5.41, 5.74) is 11.0. The normalized spacial score (nSPS) is 11.2. The number of nitrogens with zero attached hydrogens (tertiary/aromatic N) is 5. The number of nitriles is 1. The monoisotopic (exact) mass is 489 g/mol. The fourth-order valence-corrected chi connectivity index (χ4v) is 5.22. The Morgan fingerprint density at radius 1 is 1.08 bits per heavy atom. The van der Waals surface area contributed by atoms with Crippen LogP contribution in [0.2, 0.25) is 0 Å². The summed E-state index contributed by atoms with van der Waals surface area (Å²) in [7, 11) is 0. The number of benzene rings is 3. The van der Waals surface area contributed by atoms with Crippen molar-refractivity contribution in [1.29, 1.82) is 5.26 Å². The second-order valence-electron chi connectivity index (χ2n) is 8.32. The van der Waals surface area contributed by atoms with Crippen LogP contribution in [0.5, 0.6) is 0 Å². The lowest BCUT2D eigenvalue weighted by molar-refractivity contribution is 0.103. The summed E-state index contributed by atoms with van der Waals surface area (Å²) in [6.07, 6.45) is 1.50. The van der Waals surface area contributed by atoms with Gasteiger partial charge in [0, 0.05) is 10.3 Å². The van der Waals surface area contributed by atoms with Gasteiger partial charge in [-0.3, -0.25) is 8.77 Å². The summed E-state index contributed by atoms with van der Waals surface area (Å²) in [4.78, 5) is 22.4. The number of anilines is 1. The van der Waals surface area contributed by atoms with Crippen molar-refractivity contribution in [2.45, 2.75) is 11.8 Å². The first-order valence-electron chi connectivity index (χ1n) is 11.2. The predicted octanol–water partition coefficient (Wildman–Crippen LogP) is 5.25. The number of carbonyl (C=O) groups excluding carboxylic acids is 1. The van der Waals surface area contributed by atoms with Crippen molar-refractivity contribution in [2.75, 3.05) is 5.73 Å². The van der Waals surface area contributed by atoms with Crippen LogP contribution in [0.15, 0.2) is 83.9 Å². The lowest BCUT2D eigenvalue weighted by atomic mass is 10.1. The summed E-state index contributed by atoms with van der Waals surface area (Å²) in [5, 5.41) is 14.6. The summed E-state index contributed by atoms with van der Waals surface area (Å²) >= 11 is 1.43. The van der Waals surface area contributed by atoms with Gasteiger partial charge in [0.25, 0.3) is 0 Å². The largest absolute Gasteiger partial charge is 0.383 e. The summed E-state index contributed by atoms with van der Waals surface area (Å²) in [6, 6.07) is 24.8. The minimum Gasteiger partial charge on any atom is -0.383 e. The van der Waals surface area contributed by atoms with Crippen molar-refractivity contribution < 1.29 is 4.79 Å². The van der Waals surface area contributed by atoms with Crippen LogP contribution >= 0.6 is 11.9 Å². The summed E-state index contributed by atoms with van der Waals surface area (Å²) < 4.78 is 3.43. The van der Waals surface area contributed by atoms with E-state index in [-0.39, 0.29) is 11.6 Å².